The number of ketones is 1. The van der Waals surface area contributed by atoms with Crippen LogP contribution in [0.1, 0.15) is 65.4 Å². The maximum absolute atomic E-state index is 12.7. The van der Waals surface area contributed by atoms with Crippen LogP contribution in [0.5, 0.6) is 0 Å². The van der Waals surface area contributed by atoms with E-state index >= 15 is 0 Å². The van der Waals surface area contributed by atoms with E-state index in [1.165, 1.54) is 0 Å². The molecule has 0 aliphatic heterocycles. The first-order valence-corrected chi connectivity index (χ1v) is 11.5. The Bertz CT molecular complexity index is 791. The number of Topliss-reactive ketones (excluding diaryl/α,β-unsaturated/α-hetero) is 1. The number of nitrogens with one attached hydrogen (secondary N) is 2. The van der Waals surface area contributed by atoms with Crippen molar-refractivity contribution in [3.05, 3.63) is 29.8 Å². The second-order valence-corrected chi connectivity index (χ2v) is 9.19. The van der Waals surface area contributed by atoms with Gasteiger partial charge in [0, 0.05) is 30.5 Å². The minimum absolute atomic E-state index is 0.0152. The molecule has 0 saturated carbocycles. The van der Waals surface area contributed by atoms with E-state index in [9.17, 15) is 19.2 Å². The fraction of sp³-hybridized carbons (Fsp3) is 0.583. The Morgan fingerprint density at radius 3 is 2.41 bits per heavy atom. The molecular formula is C24H35ClN2O5. The van der Waals surface area contributed by atoms with Gasteiger partial charge in [0.2, 0.25) is 5.91 Å². The van der Waals surface area contributed by atoms with Crippen LogP contribution in [0, 0.1) is 5.41 Å². The predicted octanol–water partition coefficient (Wildman–Crippen LogP) is 4.66. The van der Waals surface area contributed by atoms with Gasteiger partial charge >= 0.3 is 6.09 Å². The Labute approximate surface area is 195 Å². The van der Waals surface area contributed by atoms with E-state index in [0.717, 1.165) is 6.29 Å². The summed E-state index contributed by atoms with van der Waals surface area (Å²) in [7, 11) is 0. The summed E-state index contributed by atoms with van der Waals surface area (Å²) in [6.45, 7) is 7.71. The first-order chi connectivity index (χ1) is 15.0. The average molecular weight is 467 g/mol. The van der Waals surface area contributed by atoms with Crippen LogP contribution in [0.15, 0.2) is 24.3 Å². The average Bonchev–Trinajstić information content (AvgIpc) is 2.73. The van der Waals surface area contributed by atoms with Gasteiger partial charge in [-0.1, -0.05) is 25.1 Å². The number of hydrogen-bond donors (Lipinski definition) is 2. The molecule has 2 N–H and O–H groups in total. The highest BCUT2D eigenvalue weighted by Gasteiger charge is 2.28. The largest absolute Gasteiger partial charge is 0.444 e. The Morgan fingerprint density at radius 1 is 1.12 bits per heavy atom. The third-order valence-electron chi connectivity index (χ3n) is 5.19. The number of para-hydroxylation sites is 1. The van der Waals surface area contributed by atoms with Gasteiger partial charge in [0.1, 0.15) is 23.6 Å². The number of alkyl halides is 1. The van der Waals surface area contributed by atoms with Crippen molar-refractivity contribution in [3.8, 4) is 0 Å². The normalized spacial score (nSPS) is 13.0. The molecule has 0 radical (unpaired) electrons. The second-order valence-electron chi connectivity index (χ2n) is 8.92. The van der Waals surface area contributed by atoms with Crippen molar-refractivity contribution in [2.24, 2.45) is 5.41 Å². The number of halogens is 1. The summed E-state index contributed by atoms with van der Waals surface area (Å²) in [6.07, 6.45) is 3.02. The molecule has 2 amide bonds. The smallest absolute Gasteiger partial charge is 0.412 e. The summed E-state index contributed by atoms with van der Waals surface area (Å²) in [5.74, 6) is -0.349. The minimum Gasteiger partial charge on any atom is -0.444 e. The molecule has 0 saturated heterocycles. The Kier molecular flexibility index (Phi) is 11.4. The summed E-state index contributed by atoms with van der Waals surface area (Å²) in [4.78, 5) is 47.8. The van der Waals surface area contributed by atoms with Crippen LogP contribution < -0.4 is 10.6 Å². The lowest BCUT2D eigenvalue weighted by molar-refractivity contribution is -0.121. The SMILES string of the molecule is CCC(C=O)(CCCNC(=O)CCl)CCC(=O)Cc1ccccc1NC(=O)OC(C)(C)C. The van der Waals surface area contributed by atoms with Gasteiger partial charge in [0.25, 0.3) is 0 Å². The molecule has 0 heterocycles. The number of carbonyl (C=O) groups excluding carboxylic acids is 4. The van der Waals surface area contributed by atoms with Crippen LogP contribution in [-0.4, -0.2) is 42.1 Å². The molecule has 1 aromatic rings. The van der Waals surface area contributed by atoms with Crippen molar-refractivity contribution in [1.82, 2.24) is 5.32 Å². The van der Waals surface area contributed by atoms with E-state index in [1.54, 1.807) is 45.0 Å². The maximum atomic E-state index is 12.7. The predicted molar refractivity (Wildman–Crippen MR) is 126 cm³/mol. The van der Waals surface area contributed by atoms with E-state index in [-0.39, 0.29) is 30.4 Å². The van der Waals surface area contributed by atoms with Gasteiger partial charge < -0.3 is 14.8 Å². The van der Waals surface area contributed by atoms with E-state index in [2.05, 4.69) is 10.6 Å². The second kappa shape index (κ2) is 13.2. The maximum Gasteiger partial charge on any atom is 0.412 e. The topological polar surface area (TPSA) is 102 Å². The molecule has 1 rings (SSSR count). The van der Waals surface area contributed by atoms with Crippen LogP contribution >= 0.6 is 11.6 Å². The van der Waals surface area contributed by atoms with Gasteiger partial charge in [-0.05, 0) is 58.1 Å². The molecule has 8 heteroatoms. The first-order valence-electron chi connectivity index (χ1n) is 10.9. The van der Waals surface area contributed by atoms with Crippen molar-refractivity contribution in [2.45, 2.75) is 71.8 Å². The highest BCUT2D eigenvalue weighted by molar-refractivity contribution is 6.27. The van der Waals surface area contributed by atoms with Gasteiger partial charge in [-0.25, -0.2) is 4.79 Å². The molecule has 0 aromatic heterocycles. The zero-order valence-corrected chi connectivity index (χ0v) is 20.2. The number of hydrogen-bond acceptors (Lipinski definition) is 5. The number of anilines is 1. The van der Waals surface area contributed by atoms with Crippen molar-refractivity contribution >= 4 is 41.4 Å². The Morgan fingerprint density at radius 2 is 1.81 bits per heavy atom. The van der Waals surface area contributed by atoms with Crippen LogP contribution in [0.3, 0.4) is 0 Å². The minimum atomic E-state index is -0.625. The number of carbonyl (C=O) groups is 4. The highest BCUT2D eigenvalue weighted by Crippen LogP contribution is 2.31. The Hall–Kier alpha value is -2.41. The third kappa shape index (κ3) is 10.3. The standard InChI is InChI=1S/C24H35ClN2O5/c1-5-24(17-28,12-8-14-26-21(30)16-25)13-11-19(29)15-18-9-6-7-10-20(18)27-22(31)32-23(2,3)4/h6-7,9-10,17H,5,8,11-16H2,1-4H3,(H,26,30)(H,27,31). The van der Waals surface area contributed by atoms with Crippen LogP contribution in [0.2, 0.25) is 0 Å². The molecule has 0 aliphatic carbocycles. The summed E-state index contributed by atoms with van der Waals surface area (Å²) in [5.41, 5.74) is -0.00196. The molecule has 0 spiro atoms. The van der Waals surface area contributed by atoms with Gasteiger partial charge in [-0.2, -0.15) is 0 Å². The van der Waals surface area contributed by atoms with Crippen molar-refractivity contribution in [3.63, 3.8) is 0 Å². The zero-order valence-electron chi connectivity index (χ0n) is 19.5. The van der Waals surface area contributed by atoms with E-state index in [0.29, 0.717) is 43.5 Å². The summed E-state index contributed by atoms with van der Waals surface area (Å²) in [5, 5.41) is 5.39. The van der Waals surface area contributed by atoms with Crippen LogP contribution in [-0.2, 0) is 25.5 Å². The molecule has 7 nitrogen and oxygen atoms in total. The highest BCUT2D eigenvalue weighted by atomic mass is 35.5. The zero-order chi connectivity index (χ0) is 24.2. The molecule has 1 atom stereocenters. The van der Waals surface area contributed by atoms with Crippen LogP contribution in [0.25, 0.3) is 0 Å². The first kappa shape index (κ1) is 27.6. The number of rotatable bonds is 13. The number of ether oxygens (including phenoxy) is 1. The molecule has 32 heavy (non-hydrogen) atoms. The molecular weight excluding hydrogens is 432 g/mol. The van der Waals surface area contributed by atoms with Gasteiger partial charge in [0.15, 0.2) is 0 Å². The van der Waals surface area contributed by atoms with E-state index in [4.69, 9.17) is 16.3 Å². The van der Waals surface area contributed by atoms with Gasteiger partial charge in [-0.3, -0.25) is 14.9 Å². The number of amides is 2. The fourth-order valence-electron chi connectivity index (χ4n) is 3.29. The lowest BCUT2D eigenvalue weighted by Crippen LogP contribution is -2.29. The van der Waals surface area contributed by atoms with E-state index < -0.39 is 17.1 Å². The third-order valence-corrected chi connectivity index (χ3v) is 5.43. The number of benzene rings is 1. The molecule has 1 aromatic carbocycles. The lowest BCUT2D eigenvalue weighted by atomic mass is 9.77. The summed E-state index contributed by atoms with van der Waals surface area (Å²) < 4.78 is 5.28. The van der Waals surface area contributed by atoms with Crippen LogP contribution in [0.4, 0.5) is 10.5 Å². The monoisotopic (exact) mass is 466 g/mol. The number of aldehydes is 1. The summed E-state index contributed by atoms with van der Waals surface area (Å²) >= 11 is 5.46. The van der Waals surface area contributed by atoms with Crippen molar-refractivity contribution < 1.29 is 23.9 Å². The fourth-order valence-corrected chi connectivity index (χ4v) is 3.39. The Balaban J connectivity index is 2.67. The van der Waals surface area contributed by atoms with Crippen molar-refractivity contribution in [1.29, 1.82) is 0 Å². The molecule has 0 fully saturated rings. The van der Waals surface area contributed by atoms with Gasteiger partial charge in [0.05, 0.1) is 0 Å². The van der Waals surface area contributed by atoms with Crippen molar-refractivity contribution in [2.75, 3.05) is 17.7 Å². The molecule has 0 bridgehead atoms. The molecule has 1 unspecified atom stereocenters. The molecule has 0 aliphatic rings. The molecule has 178 valence electrons. The lowest BCUT2D eigenvalue weighted by Gasteiger charge is -2.26. The van der Waals surface area contributed by atoms with E-state index in [1.807, 2.05) is 6.92 Å². The van der Waals surface area contributed by atoms with Gasteiger partial charge in [-0.15, -0.1) is 11.6 Å². The summed E-state index contributed by atoms with van der Waals surface area (Å²) in [6, 6.07) is 7.10. The quantitative estimate of drug-likeness (QED) is 0.250.